The van der Waals surface area contributed by atoms with Crippen molar-refractivity contribution in [1.29, 1.82) is 0 Å². The summed E-state index contributed by atoms with van der Waals surface area (Å²) in [5.74, 6) is -1.27. The van der Waals surface area contributed by atoms with Gasteiger partial charge in [0, 0.05) is 12.0 Å². The smallest absolute Gasteiger partial charge is 0.466 e. The molecule has 0 aromatic carbocycles. The van der Waals surface area contributed by atoms with Crippen molar-refractivity contribution in [3.05, 3.63) is 28.5 Å². The van der Waals surface area contributed by atoms with Crippen LogP contribution in [0.25, 0.3) is 0 Å². The lowest BCUT2D eigenvalue weighted by molar-refractivity contribution is -0.137. The van der Waals surface area contributed by atoms with Crippen molar-refractivity contribution >= 4 is 29.0 Å². The van der Waals surface area contributed by atoms with Crippen LogP contribution in [0.15, 0.2) is 22.9 Å². The molecule has 0 spiro atoms. The van der Waals surface area contributed by atoms with Crippen molar-refractivity contribution in [1.82, 2.24) is 4.98 Å². The molecule has 7 heteroatoms. The van der Waals surface area contributed by atoms with Gasteiger partial charge in [-0.1, -0.05) is 0 Å². The molecule has 1 aliphatic rings. The van der Waals surface area contributed by atoms with E-state index in [-0.39, 0.29) is 12.2 Å². The number of halogens is 1. The number of aliphatic carboxylic acids is 1. The molecule has 0 aliphatic carbocycles. The van der Waals surface area contributed by atoms with Crippen LogP contribution in [-0.4, -0.2) is 34.4 Å². The molecular weight excluding hydrogens is 337 g/mol. The van der Waals surface area contributed by atoms with E-state index in [0.29, 0.717) is 4.60 Å². The summed E-state index contributed by atoms with van der Waals surface area (Å²) >= 11 is 3.31. The van der Waals surface area contributed by atoms with Gasteiger partial charge in [0.05, 0.1) is 17.6 Å². The van der Waals surface area contributed by atoms with Crippen LogP contribution < -0.4 is 0 Å². The van der Waals surface area contributed by atoms with Crippen LogP contribution in [0.5, 0.6) is 0 Å². The predicted octanol–water partition coefficient (Wildman–Crippen LogP) is 3.03. The van der Waals surface area contributed by atoms with Gasteiger partial charge in [0.2, 0.25) is 0 Å². The van der Waals surface area contributed by atoms with Gasteiger partial charge in [0.25, 0.3) is 0 Å². The molecule has 114 valence electrons. The number of hydrogen-bond donors (Lipinski definition) is 1. The molecule has 1 N–H and O–H groups in total. The molecule has 21 heavy (non-hydrogen) atoms. The lowest BCUT2D eigenvalue weighted by Crippen LogP contribution is -2.41. The summed E-state index contributed by atoms with van der Waals surface area (Å²) in [5.41, 5.74) is -0.144. The third-order valence-corrected chi connectivity index (χ3v) is 4.61. The van der Waals surface area contributed by atoms with Crippen LogP contribution in [0.3, 0.4) is 0 Å². The highest BCUT2D eigenvalue weighted by molar-refractivity contribution is 9.10. The number of carbonyl (C=O) groups is 1. The van der Waals surface area contributed by atoms with Crippen molar-refractivity contribution in [3.8, 4) is 0 Å². The Kier molecular flexibility index (Phi) is 4.47. The number of nitrogens with zero attached hydrogens (tertiary/aromatic N) is 1. The van der Waals surface area contributed by atoms with Gasteiger partial charge < -0.3 is 14.4 Å². The Morgan fingerprint density at radius 1 is 1.38 bits per heavy atom. The second kappa shape index (κ2) is 5.70. The molecule has 0 amide bonds. The van der Waals surface area contributed by atoms with Crippen molar-refractivity contribution < 1.29 is 19.2 Å². The van der Waals surface area contributed by atoms with E-state index in [9.17, 15) is 9.90 Å². The van der Waals surface area contributed by atoms with Gasteiger partial charge in [-0.3, -0.25) is 4.79 Å². The van der Waals surface area contributed by atoms with E-state index in [2.05, 4.69) is 20.9 Å². The monoisotopic (exact) mass is 355 g/mol. The average molecular weight is 356 g/mol. The Bertz CT molecular complexity index is 534. The maximum absolute atomic E-state index is 11.2. The van der Waals surface area contributed by atoms with Crippen molar-refractivity contribution in [2.75, 3.05) is 0 Å². The number of hydrogen-bond acceptors (Lipinski definition) is 4. The van der Waals surface area contributed by atoms with E-state index in [1.165, 1.54) is 0 Å². The van der Waals surface area contributed by atoms with Crippen molar-refractivity contribution in [2.24, 2.45) is 0 Å². The summed E-state index contributed by atoms with van der Waals surface area (Å²) in [7, 11) is -0.597. The van der Waals surface area contributed by atoms with Gasteiger partial charge in [0.15, 0.2) is 0 Å². The average Bonchev–Trinajstić information content (AvgIpc) is 2.55. The molecule has 0 radical (unpaired) electrons. The third-order valence-electron chi connectivity index (χ3n) is 4.17. The highest BCUT2D eigenvalue weighted by atomic mass is 79.9. The van der Waals surface area contributed by atoms with Crippen LogP contribution in [0.4, 0.5) is 0 Å². The molecule has 1 atom stereocenters. The second-order valence-corrected chi connectivity index (χ2v) is 7.05. The topological polar surface area (TPSA) is 68.7 Å². The fourth-order valence-corrected chi connectivity index (χ4v) is 2.64. The van der Waals surface area contributed by atoms with Crippen LogP contribution in [-0.2, 0) is 14.1 Å². The number of aromatic nitrogens is 1. The highest BCUT2D eigenvalue weighted by Crippen LogP contribution is 2.41. The Balaban J connectivity index is 2.32. The Hall–Kier alpha value is -0.915. The predicted molar refractivity (Wildman–Crippen MR) is 83.0 cm³/mol. The standard InChI is InChI=1S/C14H19BBrNO4/c1-13(2)14(3,4)21-15(20-13)10(8-12(18)19)9-5-6-17-11(16)7-9/h5-7,10H,8H2,1-4H3,(H,18,19). The number of rotatable bonds is 4. The van der Waals surface area contributed by atoms with Crippen molar-refractivity contribution in [2.45, 2.75) is 51.1 Å². The first-order valence-corrected chi connectivity index (χ1v) is 7.60. The Morgan fingerprint density at radius 2 is 1.95 bits per heavy atom. The van der Waals surface area contributed by atoms with E-state index >= 15 is 0 Å². The van der Waals surface area contributed by atoms with Crippen LogP contribution in [0, 0.1) is 0 Å². The van der Waals surface area contributed by atoms with Crippen LogP contribution in [0.2, 0.25) is 0 Å². The molecule has 0 saturated carbocycles. The molecule has 1 saturated heterocycles. The zero-order valence-electron chi connectivity index (χ0n) is 12.6. The lowest BCUT2D eigenvalue weighted by atomic mass is 9.66. The fourth-order valence-electron chi connectivity index (χ4n) is 2.26. The fraction of sp³-hybridized carbons (Fsp3) is 0.571. The van der Waals surface area contributed by atoms with Gasteiger partial charge in [-0.05, 0) is 61.3 Å². The first-order valence-electron chi connectivity index (χ1n) is 6.81. The summed E-state index contributed by atoms with van der Waals surface area (Å²) in [6.45, 7) is 7.81. The number of carboxylic acids is 1. The van der Waals surface area contributed by atoms with E-state index < -0.39 is 24.3 Å². The van der Waals surface area contributed by atoms with Crippen LogP contribution >= 0.6 is 15.9 Å². The Labute approximate surface area is 133 Å². The SMILES string of the molecule is CC1(C)OB(C(CC(=O)O)c2ccnc(Br)c2)OC1(C)C. The molecule has 1 aromatic heterocycles. The molecule has 2 rings (SSSR count). The zero-order chi connectivity index (χ0) is 15.8. The highest BCUT2D eigenvalue weighted by Gasteiger charge is 2.54. The first-order chi connectivity index (χ1) is 9.62. The normalized spacial score (nSPS) is 21.3. The first kappa shape index (κ1) is 16.5. The molecule has 2 heterocycles. The largest absolute Gasteiger partial charge is 0.481 e. The van der Waals surface area contributed by atoms with Gasteiger partial charge in [-0.2, -0.15) is 0 Å². The quantitative estimate of drug-likeness (QED) is 0.664. The minimum atomic E-state index is -0.886. The number of pyridine rings is 1. The molecule has 1 unspecified atom stereocenters. The minimum absolute atomic E-state index is 0.0622. The van der Waals surface area contributed by atoms with Crippen LogP contribution in [0.1, 0.15) is 45.5 Å². The lowest BCUT2D eigenvalue weighted by Gasteiger charge is -2.32. The molecule has 1 aliphatic heterocycles. The molecule has 1 aromatic rings. The third kappa shape index (κ3) is 3.47. The Morgan fingerprint density at radius 3 is 2.43 bits per heavy atom. The maximum Gasteiger partial charge on any atom is 0.466 e. The molecule has 0 bridgehead atoms. The molecule has 1 fully saturated rings. The molecule has 5 nitrogen and oxygen atoms in total. The second-order valence-electron chi connectivity index (χ2n) is 6.24. The van der Waals surface area contributed by atoms with Gasteiger partial charge in [0.1, 0.15) is 4.60 Å². The summed E-state index contributed by atoms with van der Waals surface area (Å²) in [4.78, 5) is 15.3. The summed E-state index contributed by atoms with van der Waals surface area (Å²) in [5, 5.41) is 9.20. The number of carboxylic acid groups (broad SMARTS) is 1. The van der Waals surface area contributed by atoms with E-state index in [1.807, 2.05) is 27.7 Å². The van der Waals surface area contributed by atoms with Crippen molar-refractivity contribution in [3.63, 3.8) is 0 Å². The summed E-state index contributed by atoms with van der Waals surface area (Å²) in [6.07, 6.45) is 1.58. The van der Waals surface area contributed by atoms with E-state index in [1.54, 1.807) is 18.3 Å². The van der Waals surface area contributed by atoms with Gasteiger partial charge in [-0.15, -0.1) is 0 Å². The van der Waals surface area contributed by atoms with Gasteiger partial charge >= 0.3 is 13.1 Å². The van der Waals surface area contributed by atoms with E-state index in [4.69, 9.17) is 9.31 Å². The zero-order valence-corrected chi connectivity index (χ0v) is 14.2. The maximum atomic E-state index is 11.2. The van der Waals surface area contributed by atoms with E-state index in [0.717, 1.165) is 5.56 Å². The minimum Gasteiger partial charge on any atom is -0.481 e. The molecular formula is C14H19BBrNO4. The van der Waals surface area contributed by atoms with Gasteiger partial charge in [-0.25, -0.2) is 4.98 Å². The summed E-state index contributed by atoms with van der Waals surface area (Å²) in [6, 6.07) is 3.60. The summed E-state index contributed by atoms with van der Waals surface area (Å²) < 4.78 is 12.7.